The number of carbonyl (C=O) groups is 1. The van der Waals surface area contributed by atoms with Gasteiger partial charge in [0.15, 0.2) is 6.61 Å². The third-order valence-electron chi connectivity index (χ3n) is 5.28. The number of hydrogen-bond donors (Lipinski definition) is 1. The number of nitrogens with zero attached hydrogens (tertiary/aromatic N) is 2. The summed E-state index contributed by atoms with van der Waals surface area (Å²) < 4.78 is 5.82. The molecule has 5 nitrogen and oxygen atoms in total. The van der Waals surface area contributed by atoms with Crippen LogP contribution in [0.3, 0.4) is 0 Å². The highest BCUT2D eigenvalue weighted by Gasteiger charge is 2.24. The number of aromatic nitrogens is 2. The first-order valence-corrected chi connectivity index (χ1v) is 10.1. The minimum Gasteiger partial charge on any atom is -0.467 e. The summed E-state index contributed by atoms with van der Waals surface area (Å²) in [5.41, 5.74) is 4.33. The number of anilines is 1. The Balaban J connectivity index is 1.52. The number of rotatable bonds is 4. The van der Waals surface area contributed by atoms with Gasteiger partial charge in [-0.1, -0.05) is 19.1 Å². The summed E-state index contributed by atoms with van der Waals surface area (Å²) in [6, 6.07) is 5.87. The van der Waals surface area contributed by atoms with Crippen LogP contribution >= 0.6 is 11.3 Å². The molecule has 2 aromatic heterocycles. The largest absolute Gasteiger partial charge is 0.467 e. The highest BCUT2D eigenvalue weighted by Crippen LogP contribution is 2.40. The van der Waals surface area contributed by atoms with Crippen molar-refractivity contribution in [3.8, 4) is 5.88 Å². The monoisotopic (exact) mass is 381 g/mol. The van der Waals surface area contributed by atoms with Crippen LogP contribution in [0.1, 0.15) is 34.9 Å². The predicted molar refractivity (Wildman–Crippen MR) is 109 cm³/mol. The number of ether oxygens (including phenoxy) is 1. The van der Waals surface area contributed by atoms with Crippen LogP contribution in [0.4, 0.5) is 5.69 Å². The van der Waals surface area contributed by atoms with Crippen LogP contribution in [0, 0.1) is 19.8 Å². The lowest BCUT2D eigenvalue weighted by molar-refractivity contribution is -0.118. The number of fused-ring (bicyclic) bond motifs is 3. The van der Waals surface area contributed by atoms with Crippen molar-refractivity contribution in [1.82, 2.24) is 9.97 Å². The van der Waals surface area contributed by atoms with Gasteiger partial charge in [0.25, 0.3) is 5.91 Å². The van der Waals surface area contributed by atoms with Crippen molar-refractivity contribution in [3.05, 3.63) is 46.1 Å². The summed E-state index contributed by atoms with van der Waals surface area (Å²) in [4.78, 5) is 23.4. The van der Waals surface area contributed by atoms with Crippen LogP contribution in [0.15, 0.2) is 24.5 Å². The fraction of sp³-hybridized carbons (Fsp3) is 0.381. The molecule has 1 unspecified atom stereocenters. The molecule has 0 saturated heterocycles. The standard InChI is InChI=1S/C21H23N3O2S/c1-12-7-8-15-17(9-12)27-21-19(15)20(22-11-23-21)26-10-18(25)24-16-6-4-5-13(2)14(16)3/h4-6,11-12H,7-10H2,1-3H3,(H,24,25). The zero-order chi connectivity index (χ0) is 19.0. The first kappa shape index (κ1) is 17.9. The van der Waals surface area contributed by atoms with E-state index in [2.05, 4.69) is 22.2 Å². The van der Waals surface area contributed by atoms with Gasteiger partial charge in [0.2, 0.25) is 5.88 Å². The van der Waals surface area contributed by atoms with Crippen molar-refractivity contribution in [2.45, 2.75) is 40.0 Å². The number of nitrogens with one attached hydrogen (secondary N) is 1. The second-order valence-electron chi connectivity index (χ2n) is 7.30. The van der Waals surface area contributed by atoms with Crippen LogP contribution in [0.25, 0.3) is 10.2 Å². The van der Waals surface area contributed by atoms with Gasteiger partial charge < -0.3 is 10.1 Å². The summed E-state index contributed by atoms with van der Waals surface area (Å²) in [5, 5.41) is 3.92. The van der Waals surface area contributed by atoms with E-state index in [1.165, 1.54) is 23.2 Å². The van der Waals surface area contributed by atoms with Crippen LogP contribution in [-0.2, 0) is 17.6 Å². The Morgan fingerprint density at radius 2 is 2.19 bits per heavy atom. The lowest BCUT2D eigenvalue weighted by atomic mass is 9.89. The van der Waals surface area contributed by atoms with Gasteiger partial charge in [0.1, 0.15) is 11.2 Å². The lowest BCUT2D eigenvalue weighted by Crippen LogP contribution is -2.21. The van der Waals surface area contributed by atoms with Crippen molar-refractivity contribution < 1.29 is 9.53 Å². The first-order chi connectivity index (χ1) is 13.0. The van der Waals surface area contributed by atoms with Crippen molar-refractivity contribution >= 4 is 33.1 Å². The highest BCUT2D eigenvalue weighted by molar-refractivity contribution is 7.18. The lowest BCUT2D eigenvalue weighted by Gasteiger charge is -2.18. The van der Waals surface area contributed by atoms with Gasteiger partial charge in [0.05, 0.1) is 5.39 Å². The van der Waals surface area contributed by atoms with Crippen molar-refractivity contribution in [2.24, 2.45) is 5.92 Å². The average Bonchev–Trinajstić information content (AvgIpc) is 3.01. The van der Waals surface area contributed by atoms with Gasteiger partial charge in [-0.05, 0) is 61.8 Å². The average molecular weight is 382 g/mol. The number of amides is 1. The predicted octanol–water partition coefficient (Wildman–Crippen LogP) is 4.45. The third kappa shape index (κ3) is 3.54. The molecule has 0 spiro atoms. The number of carbonyl (C=O) groups excluding carboxylic acids is 1. The second kappa shape index (κ2) is 7.27. The van der Waals surface area contributed by atoms with E-state index in [4.69, 9.17) is 4.74 Å². The Morgan fingerprint density at radius 3 is 3.04 bits per heavy atom. The summed E-state index contributed by atoms with van der Waals surface area (Å²) in [6.07, 6.45) is 4.80. The van der Waals surface area contributed by atoms with Crippen LogP contribution in [-0.4, -0.2) is 22.5 Å². The zero-order valence-corrected chi connectivity index (χ0v) is 16.7. The SMILES string of the molecule is Cc1cccc(NC(=O)COc2ncnc3sc4c(c23)CCC(C)C4)c1C. The molecule has 3 aromatic rings. The summed E-state index contributed by atoms with van der Waals surface area (Å²) in [5.74, 6) is 1.03. The minimum absolute atomic E-state index is 0.0689. The van der Waals surface area contributed by atoms with Gasteiger partial charge in [-0.2, -0.15) is 0 Å². The topological polar surface area (TPSA) is 64.1 Å². The molecular weight excluding hydrogens is 358 g/mol. The van der Waals surface area contributed by atoms with E-state index >= 15 is 0 Å². The first-order valence-electron chi connectivity index (χ1n) is 9.27. The van der Waals surface area contributed by atoms with Gasteiger partial charge >= 0.3 is 0 Å². The molecule has 1 amide bonds. The maximum absolute atomic E-state index is 12.4. The fourth-order valence-electron chi connectivity index (χ4n) is 3.56. The minimum atomic E-state index is -0.187. The molecule has 6 heteroatoms. The Bertz CT molecular complexity index is 1010. The quantitative estimate of drug-likeness (QED) is 0.725. The molecule has 1 atom stereocenters. The third-order valence-corrected chi connectivity index (χ3v) is 6.44. The van der Waals surface area contributed by atoms with Crippen molar-refractivity contribution in [3.63, 3.8) is 0 Å². The number of thiophene rings is 1. The van der Waals surface area contributed by atoms with E-state index in [1.807, 2.05) is 32.0 Å². The maximum atomic E-state index is 12.4. The van der Waals surface area contributed by atoms with E-state index in [-0.39, 0.29) is 12.5 Å². The fourth-order valence-corrected chi connectivity index (χ4v) is 4.90. The van der Waals surface area contributed by atoms with Crippen LogP contribution in [0.5, 0.6) is 5.88 Å². The molecule has 4 rings (SSSR count). The van der Waals surface area contributed by atoms with Crippen molar-refractivity contribution in [2.75, 3.05) is 11.9 Å². The number of benzene rings is 1. The van der Waals surface area contributed by atoms with Gasteiger partial charge in [0, 0.05) is 10.6 Å². The Labute approximate surface area is 162 Å². The highest BCUT2D eigenvalue weighted by atomic mass is 32.1. The molecule has 1 aromatic carbocycles. The summed E-state index contributed by atoms with van der Waals surface area (Å²) in [7, 11) is 0. The van der Waals surface area contributed by atoms with E-state index < -0.39 is 0 Å². The van der Waals surface area contributed by atoms with Crippen molar-refractivity contribution in [1.29, 1.82) is 0 Å². The molecule has 1 aliphatic rings. The van der Waals surface area contributed by atoms with Gasteiger partial charge in [-0.25, -0.2) is 9.97 Å². The maximum Gasteiger partial charge on any atom is 0.262 e. The molecule has 0 fully saturated rings. The van der Waals surface area contributed by atoms with Crippen LogP contribution < -0.4 is 10.1 Å². The molecular formula is C21H23N3O2S. The molecule has 27 heavy (non-hydrogen) atoms. The molecule has 140 valence electrons. The van der Waals surface area contributed by atoms with Crippen LogP contribution in [0.2, 0.25) is 0 Å². The summed E-state index contributed by atoms with van der Waals surface area (Å²) >= 11 is 1.73. The van der Waals surface area contributed by atoms with E-state index in [1.54, 1.807) is 11.3 Å². The molecule has 1 N–H and O–H groups in total. The van der Waals surface area contributed by atoms with E-state index in [0.717, 1.165) is 39.9 Å². The Hall–Kier alpha value is -2.47. The van der Waals surface area contributed by atoms with Gasteiger partial charge in [-0.3, -0.25) is 4.79 Å². The molecule has 0 aliphatic heterocycles. The molecule has 0 radical (unpaired) electrons. The van der Waals surface area contributed by atoms with Gasteiger partial charge in [-0.15, -0.1) is 11.3 Å². The Kier molecular flexibility index (Phi) is 4.83. The molecule has 1 aliphatic carbocycles. The molecule has 0 saturated carbocycles. The normalized spacial score (nSPS) is 16.2. The second-order valence-corrected chi connectivity index (χ2v) is 8.38. The number of hydrogen-bond acceptors (Lipinski definition) is 5. The zero-order valence-electron chi connectivity index (χ0n) is 15.8. The number of aryl methyl sites for hydroxylation is 2. The molecule has 2 heterocycles. The Morgan fingerprint density at radius 1 is 1.33 bits per heavy atom. The van der Waals surface area contributed by atoms with E-state index in [9.17, 15) is 4.79 Å². The smallest absolute Gasteiger partial charge is 0.262 e. The summed E-state index contributed by atoms with van der Waals surface area (Å²) in [6.45, 7) is 6.24. The molecule has 0 bridgehead atoms. The van der Waals surface area contributed by atoms with E-state index in [0.29, 0.717) is 11.8 Å².